The number of para-hydroxylation sites is 1. The number of piperidine rings is 1. The highest BCUT2D eigenvalue weighted by molar-refractivity contribution is 5.56. The molecule has 2 aromatic carbocycles. The molecule has 8 rings (SSSR count). The van der Waals surface area contributed by atoms with Crippen LogP contribution in [0, 0.1) is 29.1 Å². The summed E-state index contributed by atoms with van der Waals surface area (Å²) in [6.45, 7) is 5.40. The van der Waals surface area contributed by atoms with Crippen LogP contribution in [0.15, 0.2) is 48.5 Å². The molecule has 2 aromatic rings. The first kappa shape index (κ1) is 23.3. The summed E-state index contributed by atoms with van der Waals surface area (Å²) in [5.41, 5.74) is 6.23. The van der Waals surface area contributed by atoms with E-state index in [-0.39, 0.29) is 11.5 Å². The number of β-amino-alcohol motifs (C(OH)–C–C–N with tert-alkyl or cyclic N) is 1. The van der Waals surface area contributed by atoms with E-state index in [1.807, 2.05) is 0 Å². The molecule has 0 aromatic heterocycles. The Hall–Kier alpha value is -1.84. The van der Waals surface area contributed by atoms with Crippen molar-refractivity contribution >= 4 is 5.69 Å². The van der Waals surface area contributed by atoms with Gasteiger partial charge in [-0.1, -0.05) is 42.5 Å². The molecule has 6 aliphatic rings. The molecular formula is C33H44N2O. The van der Waals surface area contributed by atoms with Crippen molar-refractivity contribution in [3.63, 3.8) is 0 Å². The minimum Gasteiger partial charge on any atom is -0.391 e. The van der Waals surface area contributed by atoms with Gasteiger partial charge in [-0.25, -0.2) is 0 Å². The molecule has 0 spiro atoms. The monoisotopic (exact) mass is 484 g/mol. The van der Waals surface area contributed by atoms with Gasteiger partial charge in [0, 0.05) is 25.3 Å². The van der Waals surface area contributed by atoms with Crippen LogP contribution in [0.3, 0.4) is 0 Å². The van der Waals surface area contributed by atoms with Crippen LogP contribution in [-0.2, 0) is 19.4 Å². The Kier molecular flexibility index (Phi) is 6.13. The van der Waals surface area contributed by atoms with Gasteiger partial charge in [-0.2, -0.15) is 0 Å². The van der Waals surface area contributed by atoms with Crippen LogP contribution >= 0.6 is 0 Å². The molecule has 2 heterocycles. The van der Waals surface area contributed by atoms with Gasteiger partial charge in [-0.3, -0.25) is 0 Å². The van der Waals surface area contributed by atoms with Gasteiger partial charge in [-0.05, 0) is 129 Å². The number of hydrogen-bond donors (Lipinski definition) is 1. The molecule has 0 amide bonds. The van der Waals surface area contributed by atoms with E-state index < -0.39 is 0 Å². The van der Waals surface area contributed by atoms with Gasteiger partial charge in [0.2, 0.25) is 0 Å². The van der Waals surface area contributed by atoms with Crippen LogP contribution in [0.1, 0.15) is 68.1 Å². The fourth-order valence-corrected chi connectivity index (χ4v) is 9.40. The molecular weight excluding hydrogens is 440 g/mol. The quantitative estimate of drug-likeness (QED) is 0.557. The molecule has 4 aliphatic carbocycles. The second-order valence-electron chi connectivity index (χ2n) is 13.3. The summed E-state index contributed by atoms with van der Waals surface area (Å²) >= 11 is 0. The molecule has 3 nitrogen and oxygen atoms in total. The van der Waals surface area contributed by atoms with Crippen molar-refractivity contribution in [2.45, 2.75) is 76.9 Å². The lowest BCUT2D eigenvalue weighted by molar-refractivity contribution is -0.127. The Bertz CT molecular complexity index is 1040. The molecule has 2 aliphatic heterocycles. The van der Waals surface area contributed by atoms with E-state index in [0.717, 1.165) is 69.2 Å². The third-order valence-corrected chi connectivity index (χ3v) is 10.9. The second-order valence-corrected chi connectivity index (χ2v) is 13.3. The van der Waals surface area contributed by atoms with Gasteiger partial charge in [-0.15, -0.1) is 0 Å². The van der Waals surface area contributed by atoms with Crippen LogP contribution in [0.25, 0.3) is 0 Å². The number of aliphatic hydroxyl groups is 1. The van der Waals surface area contributed by atoms with Crippen molar-refractivity contribution in [3.8, 4) is 0 Å². The standard InChI is InChI=1S/C33H44N2O/c36-32(33-18-25-15-26(19-33)17-27(16-25)20-33)23-34-13-11-24(12-14-34)21-35-22-30-7-2-1-5-28(30)9-10-29-6-3-4-8-31(29)35/h1-8,24-27,32,36H,9-23H2/t25?,26?,27?,32-,33?/m1/s1. The first-order valence-electron chi connectivity index (χ1n) is 14.9. The van der Waals surface area contributed by atoms with Gasteiger partial charge in [0.1, 0.15) is 0 Å². The van der Waals surface area contributed by atoms with Crippen molar-refractivity contribution in [2.24, 2.45) is 29.1 Å². The van der Waals surface area contributed by atoms with E-state index in [9.17, 15) is 5.11 Å². The summed E-state index contributed by atoms with van der Waals surface area (Å²) in [7, 11) is 0. The molecule has 4 bridgehead atoms. The first-order valence-corrected chi connectivity index (χ1v) is 14.9. The zero-order valence-corrected chi connectivity index (χ0v) is 22.0. The number of nitrogens with zero attached hydrogens (tertiary/aromatic N) is 2. The lowest BCUT2D eigenvalue weighted by Gasteiger charge is -2.59. The molecule has 4 saturated carbocycles. The third-order valence-electron chi connectivity index (χ3n) is 10.9. The summed E-state index contributed by atoms with van der Waals surface area (Å²) in [6.07, 6.45) is 13.0. The molecule has 1 saturated heterocycles. The molecule has 0 unspecified atom stereocenters. The lowest BCUT2D eigenvalue weighted by atomic mass is 9.48. The van der Waals surface area contributed by atoms with E-state index in [1.165, 1.54) is 73.7 Å². The average molecular weight is 485 g/mol. The summed E-state index contributed by atoms with van der Waals surface area (Å²) in [6, 6.07) is 18.2. The van der Waals surface area contributed by atoms with Crippen molar-refractivity contribution in [1.29, 1.82) is 0 Å². The maximum atomic E-state index is 11.5. The third kappa shape index (κ3) is 4.41. The molecule has 1 N–H and O–H groups in total. The Morgan fingerprint density at radius 1 is 0.778 bits per heavy atom. The Balaban J connectivity index is 0.993. The average Bonchev–Trinajstić information content (AvgIpc) is 2.87. The van der Waals surface area contributed by atoms with Crippen LogP contribution in [0.5, 0.6) is 0 Å². The summed E-state index contributed by atoms with van der Waals surface area (Å²) in [4.78, 5) is 5.29. The number of rotatable bonds is 5. The minimum atomic E-state index is -0.111. The zero-order chi connectivity index (χ0) is 24.1. The van der Waals surface area contributed by atoms with Gasteiger partial charge in [0.05, 0.1) is 6.10 Å². The highest BCUT2D eigenvalue weighted by Gasteiger charge is 2.54. The van der Waals surface area contributed by atoms with E-state index in [0.29, 0.717) is 0 Å². The maximum Gasteiger partial charge on any atom is 0.0723 e. The number of likely N-dealkylation sites (tertiary alicyclic amines) is 1. The smallest absolute Gasteiger partial charge is 0.0723 e. The SMILES string of the molecule is O[C@H](CN1CCC(CN2Cc3ccccc3CCc3ccccc32)CC1)C12CC3CC(CC(C3)C1)C2. The van der Waals surface area contributed by atoms with Gasteiger partial charge in [0.15, 0.2) is 0 Å². The van der Waals surface area contributed by atoms with Crippen molar-refractivity contribution in [1.82, 2.24) is 4.90 Å². The molecule has 1 atom stereocenters. The van der Waals surface area contributed by atoms with Crippen molar-refractivity contribution < 1.29 is 5.11 Å². The summed E-state index contributed by atoms with van der Waals surface area (Å²) < 4.78 is 0. The summed E-state index contributed by atoms with van der Waals surface area (Å²) in [5.74, 6) is 3.49. The second kappa shape index (κ2) is 9.48. The van der Waals surface area contributed by atoms with E-state index in [4.69, 9.17) is 0 Å². The maximum absolute atomic E-state index is 11.5. The molecule has 0 radical (unpaired) electrons. The predicted octanol–water partition coefficient (Wildman–Crippen LogP) is 6.08. The predicted molar refractivity (Wildman–Crippen MR) is 147 cm³/mol. The number of fused-ring (bicyclic) bond motifs is 2. The number of aliphatic hydroxyl groups excluding tert-OH is 1. The topological polar surface area (TPSA) is 26.7 Å². The van der Waals surface area contributed by atoms with E-state index in [1.54, 1.807) is 0 Å². The fraction of sp³-hybridized carbons (Fsp3) is 0.636. The highest BCUT2D eigenvalue weighted by atomic mass is 16.3. The number of anilines is 1. The molecule has 192 valence electrons. The number of aryl methyl sites for hydroxylation is 2. The van der Waals surface area contributed by atoms with Crippen molar-refractivity contribution in [3.05, 3.63) is 65.2 Å². The van der Waals surface area contributed by atoms with E-state index >= 15 is 0 Å². The van der Waals surface area contributed by atoms with Gasteiger partial charge < -0.3 is 14.9 Å². The Morgan fingerprint density at radius 2 is 1.36 bits per heavy atom. The minimum absolute atomic E-state index is 0.111. The van der Waals surface area contributed by atoms with Crippen LogP contribution in [0.4, 0.5) is 5.69 Å². The van der Waals surface area contributed by atoms with Crippen LogP contribution in [-0.4, -0.2) is 42.3 Å². The first-order chi connectivity index (χ1) is 17.6. The largest absolute Gasteiger partial charge is 0.391 e. The van der Waals surface area contributed by atoms with Crippen LogP contribution in [0.2, 0.25) is 0 Å². The Morgan fingerprint density at radius 3 is 2.06 bits per heavy atom. The highest BCUT2D eigenvalue weighted by Crippen LogP contribution is 2.61. The fourth-order valence-electron chi connectivity index (χ4n) is 9.40. The lowest BCUT2D eigenvalue weighted by Crippen LogP contribution is -2.55. The normalized spacial score (nSPS) is 33.0. The molecule has 3 heteroatoms. The summed E-state index contributed by atoms with van der Waals surface area (Å²) in [5, 5.41) is 11.5. The Labute approximate surface area is 217 Å². The van der Waals surface area contributed by atoms with Gasteiger partial charge in [0.25, 0.3) is 0 Å². The number of hydrogen-bond acceptors (Lipinski definition) is 3. The van der Waals surface area contributed by atoms with Crippen LogP contribution < -0.4 is 4.90 Å². The zero-order valence-electron chi connectivity index (χ0n) is 22.0. The van der Waals surface area contributed by atoms with Gasteiger partial charge >= 0.3 is 0 Å². The van der Waals surface area contributed by atoms with E-state index in [2.05, 4.69) is 58.3 Å². The molecule has 36 heavy (non-hydrogen) atoms. The van der Waals surface area contributed by atoms with Crippen molar-refractivity contribution in [2.75, 3.05) is 31.1 Å². The molecule has 5 fully saturated rings. The number of benzene rings is 2.